The summed E-state index contributed by atoms with van der Waals surface area (Å²) in [6.45, 7) is 7.90. The third-order valence-electron chi connectivity index (χ3n) is 3.36. The Labute approximate surface area is 125 Å². The van der Waals surface area contributed by atoms with E-state index < -0.39 is 0 Å². The molecule has 0 saturated carbocycles. The number of rotatable bonds is 4. The molecule has 3 N–H and O–H groups in total. The molecule has 114 valence electrons. The fourth-order valence-electron chi connectivity index (χ4n) is 1.79. The first kappa shape index (κ1) is 16.9. The molecule has 0 bridgehead atoms. The maximum absolute atomic E-state index is 12.5. The van der Waals surface area contributed by atoms with Crippen molar-refractivity contribution in [3.8, 4) is 6.07 Å². The predicted molar refractivity (Wildman–Crippen MR) is 82.5 cm³/mol. The highest BCUT2D eigenvalue weighted by molar-refractivity contribution is 5.95. The molecule has 1 unspecified atom stereocenters. The van der Waals surface area contributed by atoms with Crippen molar-refractivity contribution in [2.24, 2.45) is 5.84 Å². The Bertz CT molecular complexity index is 556. The summed E-state index contributed by atoms with van der Waals surface area (Å²) in [7, 11) is 1.69. The molecule has 1 aromatic rings. The van der Waals surface area contributed by atoms with Crippen LogP contribution in [0.2, 0.25) is 0 Å². The Hall–Kier alpha value is -2.13. The molecule has 0 radical (unpaired) electrons. The molecule has 21 heavy (non-hydrogen) atoms. The first-order chi connectivity index (χ1) is 9.70. The van der Waals surface area contributed by atoms with Crippen LogP contribution in [0.15, 0.2) is 12.1 Å². The number of nitrogens with two attached hydrogens (primary N) is 1. The zero-order valence-electron chi connectivity index (χ0n) is 13.3. The number of hydrogen-bond donors (Lipinski definition) is 2. The topological polar surface area (TPSA) is 95.0 Å². The van der Waals surface area contributed by atoms with Crippen molar-refractivity contribution in [3.05, 3.63) is 23.4 Å². The number of anilines is 1. The molecule has 0 fully saturated rings. The Morgan fingerprint density at radius 1 is 1.52 bits per heavy atom. The Morgan fingerprint density at radius 2 is 2.14 bits per heavy atom. The molecule has 0 aliphatic carbocycles. The minimum Gasteiger partial charge on any atom is -0.338 e. The number of nitrogens with one attached hydrogen (secondary N) is 1. The van der Waals surface area contributed by atoms with Crippen LogP contribution in [0.1, 0.15) is 50.2 Å². The number of hydrogen-bond acceptors (Lipinski definition) is 5. The van der Waals surface area contributed by atoms with Crippen molar-refractivity contribution in [1.29, 1.82) is 5.26 Å². The smallest absolute Gasteiger partial charge is 0.254 e. The largest absolute Gasteiger partial charge is 0.338 e. The summed E-state index contributed by atoms with van der Waals surface area (Å²) in [5.41, 5.74) is 3.59. The minimum absolute atomic E-state index is 0.150. The molecule has 1 aromatic heterocycles. The van der Waals surface area contributed by atoms with Gasteiger partial charge in [0.1, 0.15) is 5.82 Å². The molecule has 0 spiro atoms. The fraction of sp³-hybridized carbons (Fsp3) is 0.533. The van der Waals surface area contributed by atoms with Gasteiger partial charge >= 0.3 is 0 Å². The molecule has 1 atom stereocenters. The fourth-order valence-corrected chi connectivity index (χ4v) is 1.79. The van der Waals surface area contributed by atoms with E-state index in [1.807, 2.05) is 27.7 Å². The molecule has 0 aliphatic rings. The summed E-state index contributed by atoms with van der Waals surface area (Å²) in [5, 5.41) is 8.75. The zero-order valence-corrected chi connectivity index (χ0v) is 13.3. The number of carbonyl (C=O) groups is 1. The number of pyridine rings is 1. The standard InChI is InChI=1S/C15H23N5O/c1-10(6-7-16)20(5)14(21)11-8-12(15(2,3)4)18-13(9-11)19-17/h8-10H,6,17H2,1-5H3,(H,18,19). The summed E-state index contributed by atoms with van der Waals surface area (Å²) < 4.78 is 0. The highest BCUT2D eigenvalue weighted by atomic mass is 16.2. The van der Waals surface area contributed by atoms with E-state index in [9.17, 15) is 4.79 Å². The van der Waals surface area contributed by atoms with Crippen LogP contribution >= 0.6 is 0 Å². The molecule has 1 amide bonds. The molecular weight excluding hydrogens is 266 g/mol. The molecule has 1 heterocycles. The Kier molecular flexibility index (Phi) is 5.28. The summed E-state index contributed by atoms with van der Waals surface area (Å²) in [6.07, 6.45) is 0.293. The van der Waals surface area contributed by atoms with Gasteiger partial charge in [0, 0.05) is 29.8 Å². The van der Waals surface area contributed by atoms with Crippen molar-refractivity contribution in [3.63, 3.8) is 0 Å². The number of hydrazine groups is 1. The second-order valence-corrected chi connectivity index (χ2v) is 6.15. The lowest BCUT2D eigenvalue weighted by molar-refractivity contribution is 0.0746. The number of carbonyl (C=O) groups excluding carboxylic acids is 1. The van der Waals surface area contributed by atoms with E-state index in [0.717, 1.165) is 5.69 Å². The predicted octanol–water partition coefficient (Wildman–Crippen LogP) is 2.04. The number of nitrogen functional groups attached to an aromatic ring is 1. The normalized spacial score (nSPS) is 12.4. The highest BCUT2D eigenvalue weighted by Gasteiger charge is 2.22. The Balaban J connectivity index is 3.18. The minimum atomic E-state index is -0.196. The van der Waals surface area contributed by atoms with Crippen molar-refractivity contribution < 1.29 is 4.79 Å². The third kappa shape index (κ3) is 4.17. The molecule has 6 nitrogen and oxygen atoms in total. The second kappa shape index (κ2) is 6.55. The molecule has 0 aromatic carbocycles. The summed E-state index contributed by atoms with van der Waals surface area (Å²) in [5.74, 6) is 5.73. The Morgan fingerprint density at radius 3 is 2.62 bits per heavy atom. The van der Waals surface area contributed by atoms with Crippen LogP contribution < -0.4 is 11.3 Å². The van der Waals surface area contributed by atoms with Gasteiger partial charge in [-0.1, -0.05) is 20.8 Å². The van der Waals surface area contributed by atoms with Crippen molar-refractivity contribution in [1.82, 2.24) is 9.88 Å². The van der Waals surface area contributed by atoms with Gasteiger partial charge in [-0.3, -0.25) is 4.79 Å². The lowest BCUT2D eigenvalue weighted by Crippen LogP contribution is -2.35. The lowest BCUT2D eigenvalue weighted by atomic mass is 9.90. The molecule has 0 saturated heterocycles. The van der Waals surface area contributed by atoms with Crippen molar-refractivity contribution in [2.75, 3.05) is 12.5 Å². The quantitative estimate of drug-likeness (QED) is 0.653. The second-order valence-electron chi connectivity index (χ2n) is 6.15. The molecule has 0 aliphatic heterocycles. The van der Waals surface area contributed by atoms with E-state index >= 15 is 0 Å². The van der Waals surface area contributed by atoms with Crippen LogP contribution in [0.3, 0.4) is 0 Å². The molecule has 6 heteroatoms. The molecular formula is C15H23N5O. The van der Waals surface area contributed by atoms with Gasteiger partial charge in [0.15, 0.2) is 0 Å². The van der Waals surface area contributed by atoms with E-state index in [-0.39, 0.29) is 17.4 Å². The van der Waals surface area contributed by atoms with Gasteiger partial charge in [-0.15, -0.1) is 0 Å². The number of aromatic nitrogens is 1. The van der Waals surface area contributed by atoms with Gasteiger partial charge in [0.2, 0.25) is 0 Å². The van der Waals surface area contributed by atoms with Crippen LogP contribution in [-0.2, 0) is 5.41 Å². The lowest BCUT2D eigenvalue weighted by Gasteiger charge is -2.25. The van der Waals surface area contributed by atoms with Gasteiger partial charge in [-0.2, -0.15) is 5.26 Å². The summed E-state index contributed by atoms with van der Waals surface area (Å²) >= 11 is 0. The van der Waals surface area contributed by atoms with E-state index in [4.69, 9.17) is 11.1 Å². The van der Waals surface area contributed by atoms with Gasteiger partial charge in [0.05, 0.1) is 12.5 Å². The van der Waals surface area contributed by atoms with Crippen LogP contribution in [0.4, 0.5) is 5.82 Å². The number of amides is 1. The highest BCUT2D eigenvalue weighted by Crippen LogP contribution is 2.24. The monoisotopic (exact) mass is 289 g/mol. The molecule has 1 rings (SSSR count). The summed E-state index contributed by atoms with van der Waals surface area (Å²) in [4.78, 5) is 18.5. The van der Waals surface area contributed by atoms with E-state index in [2.05, 4.69) is 16.5 Å². The van der Waals surface area contributed by atoms with Crippen LogP contribution in [0.25, 0.3) is 0 Å². The zero-order chi connectivity index (χ0) is 16.2. The van der Waals surface area contributed by atoms with Crippen LogP contribution in [-0.4, -0.2) is 28.9 Å². The van der Waals surface area contributed by atoms with Crippen LogP contribution in [0, 0.1) is 11.3 Å². The summed E-state index contributed by atoms with van der Waals surface area (Å²) in [6, 6.07) is 5.32. The maximum Gasteiger partial charge on any atom is 0.254 e. The van der Waals surface area contributed by atoms with Gasteiger partial charge in [-0.05, 0) is 19.1 Å². The van der Waals surface area contributed by atoms with Gasteiger partial charge < -0.3 is 10.3 Å². The van der Waals surface area contributed by atoms with Gasteiger partial charge in [0.25, 0.3) is 5.91 Å². The van der Waals surface area contributed by atoms with E-state index in [0.29, 0.717) is 17.8 Å². The maximum atomic E-state index is 12.5. The van der Waals surface area contributed by atoms with Gasteiger partial charge in [-0.25, -0.2) is 10.8 Å². The van der Waals surface area contributed by atoms with E-state index in [1.165, 1.54) is 0 Å². The average Bonchev–Trinajstić information content (AvgIpc) is 2.44. The van der Waals surface area contributed by atoms with Crippen molar-refractivity contribution in [2.45, 2.75) is 45.6 Å². The first-order valence-corrected chi connectivity index (χ1v) is 6.84. The van der Waals surface area contributed by atoms with E-state index in [1.54, 1.807) is 24.1 Å². The van der Waals surface area contributed by atoms with Crippen LogP contribution in [0.5, 0.6) is 0 Å². The average molecular weight is 289 g/mol. The first-order valence-electron chi connectivity index (χ1n) is 6.84. The SMILES string of the molecule is CC(CC#N)N(C)C(=O)c1cc(NN)nc(C(C)(C)C)c1. The number of nitrogens with zero attached hydrogens (tertiary/aromatic N) is 3. The van der Waals surface area contributed by atoms with Crippen molar-refractivity contribution >= 4 is 11.7 Å². The number of nitriles is 1. The third-order valence-corrected chi connectivity index (χ3v) is 3.36.